The summed E-state index contributed by atoms with van der Waals surface area (Å²) in [4.78, 5) is 0. The summed E-state index contributed by atoms with van der Waals surface area (Å²) in [5, 5.41) is 1.36. The molecule has 2 nitrogen and oxygen atoms in total. The zero-order chi connectivity index (χ0) is 13.9. The van der Waals surface area contributed by atoms with Gasteiger partial charge in [-0.15, -0.1) is 0 Å². The Balaban J connectivity index is 1.83. The molecule has 1 unspecified atom stereocenters. The first-order chi connectivity index (χ1) is 9.76. The molecule has 0 radical (unpaired) electrons. The third-order valence-electron chi connectivity index (χ3n) is 4.79. The quantitative estimate of drug-likeness (QED) is 0.871. The highest BCUT2D eigenvalue weighted by molar-refractivity contribution is 5.80. The molecule has 0 amide bonds. The van der Waals surface area contributed by atoms with E-state index in [1.807, 2.05) is 0 Å². The van der Waals surface area contributed by atoms with Gasteiger partial charge in [0.15, 0.2) is 0 Å². The molecule has 1 aromatic heterocycles. The molecule has 2 aromatic rings. The number of hydrogen-bond acceptors (Lipinski definition) is 1. The van der Waals surface area contributed by atoms with Crippen molar-refractivity contribution in [1.29, 1.82) is 0 Å². The van der Waals surface area contributed by atoms with Crippen molar-refractivity contribution >= 4 is 10.9 Å². The predicted molar refractivity (Wildman–Crippen MR) is 85.9 cm³/mol. The molecule has 20 heavy (non-hydrogen) atoms. The Bertz CT molecular complexity index is 564. The molecule has 1 fully saturated rings. The van der Waals surface area contributed by atoms with E-state index in [-0.39, 0.29) is 6.04 Å². The lowest BCUT2D eigenvalue weighted by Crippen LogP contribution is -2.21. The Morgan fingerprint density at radius 2 is 2.05 bits per heavy atom. The van der Waals surface area contributed by atoms with Crippen molar-refractivity contribution in [1.82, 2.24) is 4.57 Å². The zero-order valence-electron chi connectivity index (χ0n) is 12.5. The maximum absolute atomic E-state index is 6.09. The third kappa shape index (κ3) is 2.90. The fraction of sp³-hybridized carbons (Fsp3) is 0.556. The average molecular weight is 270 g/mol. The molecule has 0 saturated heterocycles. The molecule has 108 valence electrons. The molecule has 1 atom stereocenters. The van der Waals surface area contributed by atoms with E-state index in [4.69, 9.17) is 5.73 Å². The van der Waals surface area contributed by atoms with Crippen molar-refractivity contribution < 1.29 is 0 Å². The van der Waals surface area contributed by atoms with Crippen LogP contribution in [0.25, 0.3) is 10.9 Å². The lowest BCUT2D eigenvalue weighted by Gasteiger charge is -2.13. The van der Waals surface area contributed by atoms with Crippen LogP contribution in [0.2, 0.25) is 0 Å². The lowest BCUT2D eigenvalue weighted by atomic mass is 10.0. The average Bonchev–Trinajstić information content (AvgIpc) is 3.10. The van der Waals surface area contributed by atoms with E-state index in [1.165, 1.54) is 48.7 Å². The number of aromatic nitrogens is 1. The smallest absolute Gasteiger partial charge is 0.0483 e. The van der Waals surface area contributed by atoms with Gasteiger partial charge in [0.2, 0.25) is 0 Å². The van der Waals surface area contributed by atoms with Crippen molar-refractivity contribution in [3.63, 3.8) is 0 Å². The molecule has 3 rings (SSSR count). The molecule has 2 N–H and O–H groups in total. The number of benzene rings is 1. The van der Waals surface area contributed by atoms with Crippen molar-refractivity contribution in [2.24, 2.45) is 11.7 Å². The maximum Gasteiger partial charge on any atom is 0.0483 e. The van der Waals surface area contributed by atoms with Crippen LogP contribution < -0.4 is 5.73 Å². The second kappa shape index (κ2) is 6.01. The van der Waals surface area contributed by atoms with Crippen LogP contribution in [-0.2, 0) is 13.0 Å². The summed E-state index contributed by atoms with van der Waals surface area (Å²) in [7, 11) is 0. The monoisotopic (exact) mass is 270 g/mol. The minimum atomic E-state index is 0.283. The van der Waals surface area contributed by atoms with Crippen LogP contribution in [0.3, 0.4) is 0 Å². The zero-order valence-corrected chi connectivity index (χ0v) is 12.5. The molecular weight excluding hydrogens is 244 g/mol. The summed E-state index contributed by atoms with van der Waals surface area (Å²) in [6.07, 6.45) is 9.93. The normalized spacial score (nSPS) is 17.9. The van der Waals surface area contributed by atoms with E-state index in [0.717, 1.165) is 18.8 Å². The van der Waals surface area contributed by atoms with Gasteiger partial charge in [0.05, 0.1) is 0 Å². The van der Waals surface area contributed by atoms with Gasteiger partial charge >= 0.3 is 0 Å². The van der Waals surface area contributed by atoms with E-state index in [0.29, 0.717) is 0 Å². The van der Waals surface area contributed by atoms with Gasteiger partial charge in [0.1, 0.15) is 0 Å². The topological polar surface area (TPSA) is 30.9 Å². The van der Waals surface area contributed by atoms with Gasteiger partial charge in [-0.2, -0.15) is 0 Å². The first kappa shape index (κ1) is 13.7. The minimum absolute atomic E-state index is 0.283. The SMILES string of the molecule is CCC(N)Cc1ccc2ccn(CC3CCCC3)c2c1. The number of fused-ring (bicyclic) bond motifs is 1. The van der Waals surface area contributed by atoms with Crippen LogP contribution in [0, 0.1) is 5.92 Å². The van der Waals surface area contributed by atoms with Crippen molar-refractivity contribution in [2.45, 2.75) is 58.0 Å². The van der Waals surface area contributed by atoms with Gasteiger partial charge in [-0.05, 0) is 54.7 Å². The first-order valence-corrected chi connectivity index (χ1v) is 8.09. The van der Waals surface area contributed by atoms with E-state index in [9.17, 15) is 0 Å². The van der Waals surface area contributed by atoms with Gasteiger partial charge in [-0.25, -0.2) is 0 Å². The Hall–Kier alpha value is -1.28. The number of hydrogen-bond donors (Lipinski definition) is 1. The molecule has 1 heterocycles. The second-order valence-electron chi connectivity index (χ2n) is 6.38. The highest BCUT2D eigenvalue weighted by Crippen LogP contribution is 2.28. The molecule has 1 saturated carbocycles. The van der Waals surface area contributed by atoms with Crippen LogP contribution >= 0.6 is 0 Å². The molecule has 1 aromatic carbocycles. The van der Waals surface area contributed by atoms with Gasteiger partial charge in [0.25, 0.3) is 0 Å². The van der Waals surface area contributed by atoms with Crippen molar-refractivity contribution in [2.75, 3.05) is 0 Å². The number of rotatable bonds is 5. The van der Waals surface area contributed by atoms with E-state index in [1.54, 1.807) is 0 Å². The predicted octanol–water partition coefficient (Wildman–Crippen LogP) is 4.11. The van der Waals surface area contributed by atoms with Crippen molar-refractivity contribution in [3.8, 4) is 0 Å². The fourth-order valence-electron chi connectivity index (χ4n) is 3.43. The van der Waals surface area contributed by atoms with E-state index in [2.05, 4.69) is 42.0 Å². The summed E-state index contributed by atoms with van der Waals surface area (Å²) in [5.74, 6) is 0.882. The number of nitrogens with two attached hydrogens (primary N) is 1. The summed E-state index contributed by atoms with van der Waals surface area (Å²) in [5.41, 5.74) is 8.85. The van der Waals surface area contributed by atoms with Crippen LogP contribution in [0.1, 0.15) is 44.6 Å². The van der Waals surface area contributed by atoms with E-state index < -0.39 is 0 Å². The van der Waals surface area contributed by atoms with Gasteiger partial charge in [0, 0.05) is 24.3 Å². The fourth-order valence-corrected chi connectivity index (χ4v) is 3.43. The Morgan fingerprint density at radius 3 is 2.80 bits per heavy atom. The Morgan fingerprint density at radius 1 is 1.25 bits per heavy atom. The highest BCUT2D eigenvalue weighted by Gasteiger charge is 2.16. The molecule has 0 bridgehead atoms. The van der Waals surface area contributed by atoms with Gasteiger partial charge in [-0.3, -0.25) is 0 Å². The maximum atomic E-state index is 6.09. The largest absolute Gasteiger partial charge is 0.347 e. The standard InChI is InChI=1S/C18H26N2/c1-2-17(19)11-15-7-8-16-9-10-20(18(16)12-15)13-14-5-3-4-6-14/h7-10,12,14,17H,2-6,11,13,19H2,1H3. The molecule has 0 aliphatic heterocycles. The minimum Gasteiger partial charge on any atom is -0.347 e. The van der Waals surface area contributed by atoms with Crippen LogP contribution in [0.4, 0.5) is 0 Å². The molecular formula is C18H26N2. The summed E-state index contributed by atoms with van der Waals surface area (Å²) in [6.45, 7) is 3.35. The van der Waals surface area contributed by atoms with Crippen LogP contribution in [0.15, 0.2) is 30.5 Å². The Labute approximate surface area is 122 Å². The van der Waals surface area contributed by atoms with Gasteiger partial charge < -0.3 is 10.3 Å². The van der Waals surface area contributed by atoms with Crippen LogP contribution in [-0.4, -0.2) is 10.6 Å². The third-order valence-corrected chi connectivity index (χ3v) is 4.79. The number of nitrogens with zero attached hydrogens (tertiary/aromatic N) is 1. The Kier molecular flexibility index (Phi) is 4.11. The lowest BCUT2D eigenvalue weighted by molar-refractivity contribution is 0.466. The highest BCUT2D eigenvalue weighted by atomic mass is 15.0. The second-order valence-corrected chi connectivity index (χ2v) is 6.38. The van der Waals surface area contributed by atoms with E-state index >= 15 is 0 Å². The van der Waals surface area contributed by atoms with Crippen LogP contribution in [0.5, 0.6) is 0 Å². The summed E-state index contributed by atoms with van der Waals surface area (Å²) >= 11 is 0. The summed E-state index contributed by atoms with van der Waals surface area (Å²) < 4.78 is 2.45. The van der Waals surface area contributed by atoms with Gasteiger partial charge in [-0.1, -0.05) is 31.9 Å². The first-order valence-electron chi connectivity index (χ1n) is 8.09. The van der Waals surface area contributed by atoms with Crippen molar-refractivity contribution in [3.05, 3.63) is 36.0 Å². The molecule has 2 heteroatoms. The molecule has 1 aliphatic carbocycles. The molecule has 0 spiro atoms. The molecule has 1 aliphatic rings. The summed E-state index contributed by atoms with van der Waals surface area (Å²) in [6, 6.07) is 9.36.